The number of Topliss-reactive ketones (excluding diaryl/α,β-unsaturated/α-hetero) is 1. The maximum Gasteiger partial charge on any atom is 0.169 e. The summed E-state index contributed by atoms with van der Waals surface area (Å²) in [4.78, 5) is 11.4. The lowest BCUT2D eigenvalue weighted by Gasteiger charge is -1.96. The lowest BCUT2D eigenvalue weighted by molar-refractivity contribution is 0.0943. The first-order chi connectivity index (χ1) is 5.70. The summed E-state index contributed by atoms with van der Waals surface area (Å²) < 4.78 is 13.1. The first kappa shape index (κ1) is 7.47. The zero-order valence-corrected chi connectivity index (χ0v) is 6.80. The van der Waals surface area contributed by atoms with E-state index in [9.17, 15) is 9.18 Å². The van der Waals surface area contributed by atoms with E-state index in [-0.39, 0.29) is 17.5 Å². The van der Waals surface area contributed by atoms with Crippen molar-refractivity contribution in [2.45, 2.75) is 13.3 Å². The van der Waals surface area contributed by atoms with Gasteiger partial charge in [-0.25, -0.2) is 4.39 Å². The van der Waals surface area contributed by atoms with Crippen molar-refractivity contribution in [3.8, 4) is 0 Å². The van der Waals surface area contributed by atoms with Crippen LogP contribution in [-0.4, -0.2) is 5.78 Å². The van der Waals surface area contributed by atoms with Crippen LogP contribution in [0, 0.1) is 11.7 Å². The van der Waals surface area contributed by atoms with Crippen molar-refractivity contribution in [1.82, 2.24) is 0 Å². The van der Waals surface area contributed by atoms with Crippen LogP contribution in [0.25, 0.3) is 0 Å². The molecule has 1 aliphatic carbocycles. The highest BCUT2D eigenvalue weighted by atomic mass is 19.1. The van der Waals surface area contributed by atoms with E-state index < -0.39 is 0 Å². The Hall–Kier alpha value is -1.18. The summed E-state index contributed by atoms with van der Waals surface area (Å²) in [5.41, 5.74) is 1.16. The van der Waals surface area contributed by atoms with Gasteiger partial charge in [0, 0.05) is 5.92 Å². The monoisotopic (exact) mass is 164 g/mol. The molecule has 0 bridgehead atoms. The van der Waals surface area contributed by atoms with Crippen molar-refractivity contribution in [2.75, 3.05) is 0 Å². The van der Waals surface area contributed by atoms with E-state index in [0.717, 1.165) is 5.56 Å². The SMILES string of the molecule is C[C@H]1Cc2cccc(F)c2C1=O. The van der Waals surface area contributed by atoms with E-state index in [1.54, 1.807) is 6.07 Å². The summed E-state index contributed by atoms with van der Waals surface area (Å²) in [6.07, 6.45) is 0.686. The van der Waals surface area contributed by atoms with Crippen LogP contribution in [0.3, 0.4) is 0 Å². The average Bonchev–Trinajstić information content (AvgIpc) is 2.29. The predicted octanol–water partition coefficient (Wildman–Crippen LogP) is 2.20. The molecule has 1 atom stereocenters. The van der Waals surface area contributed by atoms with Crippen LogP contribution in [0.5, 0.6) is 0 Å². The third-order valence-corrected chi connectivity index (χ3v) is 2.32. The number of ketones is 1. The number of rotatable bonds is 0. The van der Waals surface area contributed by atoms with Crippen LogP contribution in [0.1, 0.15) is 22.8 Å². The van der Waals surface area contributed by atoms with Gasteiger partial charge >= 0.3 is 0 Å². The molecule has 0 aromatic heterocycles. The second-order valence-electron chi connectivity index (χ2n) is 3.24. The highest BCUT2D eigenvalue weighted by molar-refractivity contribution is 6.02. The van der Waals surface area contributed by atoms with Crippen molar-refractivity contribution < 1.29 is 9.18 Å². The Bertz CT molecular complexity index is 344. The Morgan fingerprint density at radius 2 is 2.25 bits per heavy atom. The fourth-order valence-electron chi connectivity index (χ4n) is 1.68. The second kappa shape index (κ2) is 2.41. The van der Waals surface area contributed by atoms with Gasteiger partial charge in [-0.2, -0.15) is 0 Å². The molecule has 0 aliphatic heterocycles. The molecular formula is C10H9FO. The van der Waals surface area contributed by atoms with E-state index in [0.29, 0.717) is 12.0 Å². The molecule has 12 heavy (non-hydrogen) atoms. The molecule has 0 radical (unpaired) electrons. The summed E-state index contributed by atoms with van der Waals surface area (Å²) in [6.45, 7) is 1.84. The van der Waals surface area contributed by atoms with Crippen LogP contribution in [0.2, 0.25) is 0 Å². The number of benzene rings is 1. The minimum atomic E-state index is -0.373. The first-order valence-electron chi connectivity index (χ1n) is 4.01. The Morgan fingerprint density at radius 1 is 1.50 bits per heavy atom. The van der Waals surface area contributed by atoms with Crippen LogP contribution in [0.15, 0.2) is 18.2 Å². The summed E-state index contributed by atoms with van der Waals surface area (Å²) in [6, 6.07) is 4.81. The number of carbonyl (C=O) groups is 1. The molecule has 1 aromatic rings. The number of hydrogen-bond donors (Lipinski definition) is 0. The molecule has 2 heteroatoms. The molecule has 0 unspecified atom stereocenters. The molecule has 1 nitrogen and oxygen atoms in total. The van der Waals surface area contributed by atoms with Crippen molar-refractivity contribution in [1.29, 1.82) is 0 Å². The molecule has 0 amide bonds. The molecule has 0 fully saturated rings. The largest absolute Gasteiger partial charge is 0.294 e. The normalized spacial score (nSPS) is 21.2. The molecule has 0 saturated heterocycles. The molecule has 0 spiro atoms. The van der Waals surface area contributed by atoms with Gasteiger partial charge in [-0.15, -0.1) is 0 Å². The molecule has 0 saturated carbocycles. The Kier molecular flexibility index (Phi) is 1.50. The highest BCUT2D eigenvalue weighted by Crippen LogP contribution is 2.27. The number of halogens is 1. The zero-order valence-electron chi connectivity index (χ0n) is 6.80. The second-order valence-corrected chi connectivity index (χ2v) is 3.24. The van der Waals surface area contributed by atoms with E-state index >= 15 is 0 Å². The molecule has 2 rings (SSSR count). The first-order valence-corrected chi connectivity index (χ1v) is 4.01. The fourth-order valence-corrected chi connectivity index (χ4v) is 1.68. The van der Waals surface area contributed by atoms with E-state index in [1.165, 1.54) is 6.07 Å². The molecule has 0 heterocycles. The van der Waals surface area contributed by atoms with Crippen LogP contribution in [0.4, 0.5) is 4.39 Å². The summed E-state index contributed by atoms with van der Waals surface area (Å²) in [5.74, 6) is -0.471. The minimum Gasteiger partial charge on any atom is -0.294 e. The summed E-state index contributed by atoms with van der Waals surface area (Å²) in [5, 5.41) is 0. The van der Waals surface area contributed by atoms with Crippen molar-refractivity contribution in [3.05, 3.63) is 35.1 Å². The van der Waals surface area contributed by atoms with Gasteiger partial charge in [0.15, 0.2) is 5.78 Å². The molecule has 1 aromatic carbocycles. The zero-order chi connectivity index (χ0) is 8.72. The van der Waals surface area contributed by atoms with E-state index in [2.05, 4.69) is 0 Å². The van der Waals surface area contributed by atoms with Crippen LogP contribution in [-0.2, 0) is 6.42 Å². The maximum atomic E-state index is 13.1. The van der Waals surface area contributed by atoms with Gasteiger partial charge in [-0.1, -0.05) is 19.1 Å². The maximum absolute atomic E-state index is 13.1. The summed E-state index contributed by atoms with van der Waals surface area (Å²) in [7, 11) is 0. The van der Waals surface area contributed by atoms with Crippen LogP contribution < -0.4 is 0 Å². The van der Waals surface area contributed by atoms with Gasteiger partial charge in [0.2, 0.25) is 0 Å². The number of hydrogen-bond acceptors (Lipinski definition) is 1. The predicted molar refractivity (Wildman–Crippen MR) is 43.6 cm³/mol. The molecular weight excluding hydrogens is 155 g/mol. The van der Waals surface area contributed by atoms with Gasteiger partial charge in [-0.3, -0.25) is 4.79 Å². The Balaban J connectivity index is 2.62. The minimum absolute atomic E-state index is 0.0445. The quantitative estimate of drug-likeness (QED) is 0.574. The number of carbonyl (C=O) groups excluding carboxylic acids is 1. The lowest BCUT2D eigenvalue weighted by Crippen LogP contribution is -2.04. The van der Waals surface area contributed by atoms with Crippen molar-refractivity contribution in [3.63, 3.8) is 0 Å². The van der Waals surface area contributed by atoms with E-state index in [4.69, 9.17) is 0 Å². The third-order valence-electron chi connectivity index (χ3n) is 2.32. The van der Waals surface area contributed by atoms with Gasteiger partial charge in [0.1, 0.15) is 5.82 Å². The summed E-state index contributed by atoms with van der Waals surface area (Å²) >= 11 is 0. The van der Waals surface area contributed by atoms with Gasteiger partial charge < -0.3 is 0 Å². The topological polar surface area (TPSA) is 17.1 Å². The fraction of sp³-hybridized carbons (Fsp3) is 0.300. The number of fused-ring (bicyclic) bond motifs is 1. The Morgan fingerprint density at radius 3 is 2.92 bits per heavy atom. The van der Waals surface area contributed by atoms with Gasteiger partial charge in [0.05, 0.1) is 5.56 Å². The van der Waals surface area contributed by atoms with E-state index in [1.807, 2.05) is 13.0 Å². The molecule has 0 N–H and O–H groups in total. The Labute approximate surface area is 70.2 Å². The average molecular weight is 164 g/mol. The standard InChI is InChI=1S/C10H9FO/c1-6-5-7-3-2-4-8(11)9(7)10(6)12/h2-4,6H,5H2,1H3/t6-/m0/s1. The van der Waals surface area contributed by atoms with Crippen molar-refractivity contribution in [2.24, 2.45) is 5.92 Å². The van der Waals surface area contributed by atoms with Gasteiger partial charge in [0.25, 0.3) is 0 Å². The molecule has 62 valence electrons. The van der Waals surface area contributed by atoms with Crippen molar-refractivity contribution >= 4 is 5.78 Å². The smallest absolute Gasteiger partial charge is 0.169 e. The molecule has 1 aliphatic rings. The lowest BCUT2D eigenvalue weighted by atomic mass is 10.1. The third kappa shape index (κ3) is 0.876. The van der Waals surface area contributed by atoms with Gasteiger partial charge in [-0.05, 0) is 18.1 Å². The highest BCUT2D eigenvalue weighted by Gasteiger charge is 2.29. The van der Waals surface area contributed by atoms with Crippen LogP contribution >= 0.6 is 0 Å².